The molecular formula is C13H17F3N4O2S. The van der Waals surface area contributed by atoms with Crippen LogP contribution in [0.5, 0.6) is 0 Å². The molecule has 2 N–H and O–H groups in total. The number of hydrogen-bond donors (Lipinski definition) is 2. The average molecular weight is 350 g/mol. The Morgan fingerprint density at radius 1 is 1.09 bits per heavy atom. The quantitative estimate of drug-likeness (QED) is 0.855. The fourth-order valence-electron chi connectivity index (χ4n) is 2.34. The van der Waals surface area contributed by atoms with Gasteiger partial charge >= 0.3 is 6.18 Å². The summed E-state index contributed by atoms with van der Waals surface area (Å²) in [7, 11) is 0. The highest BCUT2D eigenvalue weighted by Gasteiger charge is 2.35. The molecule has 0 saturated heterocycles. The third-order valence-corrected chi connectivity index (χ3v) is 4.35. The predicted molar refractivity (Wildman–Crippen MR) is 77.8 cm³/mol. The molecule has 1 aliphatic carbocycles. The van der Waals surface area contributed by atoms with Crippen LogP contribution in [-0.4, -0.2) is 28.1 Å². The molecule has 10 heteroatoms. The number of anilines is 1. The number of carbonyl (C=O) groups is 2. The van der Waals surface area contributed by atoms with Gasteiger partial charge in [-0.3, -0.25) is 9.59 Å². The lowest BCUT2D eigenvalue weighted by Crippen LogP contribution is -2.36. The van der Waals surface area contributed by atoms with Gasteiger partial charge < -0.3 is 10.6 Å². The summed E-state index contributed by atoms with van der Waals surface area (Å²) in [6.07, 6.45) is 0.545. The maximum Gasteiger partial charge on any atom is 0.445 e. The molecule has 2 amide bonds. The molecule has 0 bridgehead atoms. The molecule has 0 aromatic carbocycles. The number of amides is 2. The van der Waals surface area contributed by atoms with E-state index in [4.69, 9.17) is 0 Å². The minimum atomic E-state index is -4.58. The SMILES string of the molecule is O=C(CCC(=O)NC1CCCCC1)Nc1nnc(C(F)(F)F)s1. The molecule has 23 heavy (non-hydrogen) atoms. The van der Waals surface area contributed by atoms with E-state index in [9.17, 15) is 22.8 Å². The van der Waals surface area contributed by atoms with Crippen molar-refractivity contribution in [3.63, 3.8) is 0 Å². The van der Waals surface area contributed by atoms with Crippen molar-refractivity contribution in [2.45, 2.75) is 57.2 Å². The molecule has 0 unspecified atom stereocenters. The minimum absolute atomic E-state index is 0.00668. The van der Waals surface area contributed by atoms with Gasteiger partial charge in [0.1, 0.15) is 0 Å². The van der Waals surface area contributed by atoms with Crippen molar-refractivity contribution in [1.82, 2.24) is 15.5 Å². The first-order chi connectivity index (χ1) is 10.8. The third-order valence-electron chi connectivity index (χ3n) is 3.46. The Labute approximate surface area is 134 Å². The maximum absolute atomic E-state index is 12.4. The highest BCUT2D eigenvalue weighted by atomic mass is 32.1. The molecule has 6 nitrogen and oxygen atoms in total. The van der Waals surface area contributed by atoms with Crippen molar-refractivity contribution in [3.05, 3.63) is 5.01 Å². The van der Waals surface area contributed by atoms with E-state index in [0.29, 0.717) is 0 Å². The number of carbonyl (C=O) groups excluding carboxylic acids is 2. The van der Waals surface area contributed by atoms with Crippen molar-refractivity contribution < 1.29 is 22.8 Å². The van der Waals surface area contributed by atoms with Crippen LogP contribution < -0.4 is 10.6 Å². The monoisotopic (exact) mass is 350 g/mol. The molecular weight excluding hydrogens is 333 g/mol. The van der Waals surface area contributed by atoms with Gasteiger partial charge in [-0.1, -0.05) is 30.6 Å². The molecule has 1 aromatic heterocycles. The van der Waals surface area contributed by atoms with Gasteiger partial charge in [-0.2, -0.15) is 13.2 Å². The van der Waals surface area contributed by atoms with Crippen LogP contribution in [-0.2, 0) is 15.8 Å². The van der Waals surface area contributed by atoms with E-state index in [1.165, 1.54) is 6.42 Å². The lowest BCUT2D eigenvalue weighted by Gasteiger charge is -2.22. The fraction of sp³-hybridized carbons (Fsp3) is 0.692. The number of alkyl halides is 3. The van der Waals surface area contributed by atoms with Crippen LogP contribution in [0, 0.1) is 0 Å². The van der Waals surface area contributed by atoms with Gasteiger partial charge in [-0.25, -0.2) is 0 Å². The molecule has 1 fully saturated rings. The zero-order valence-corrected chi connectivity index (χ0v) is 13.1. The van der Waals surface area contributed by atoms with Gasteiger partial charge in [0.15, 0.2) is 0 Å². The number of hydrogen-bond acceptors (Lipinski definition) is 5. The van der Waals surface area contributed by atoms with E-state index in [0.717, 1.165) is 25.7 Å². The molecule has 128 valence electrons. The summed E-state index contributed by atoms with van der Waals surface area (Å²) in [5.41, 5.74) is 0. The van der Waals surface area contributed by atoms with E-state index in [2.05, 4.69) is 20.8 Å². The third kappa shape index (κ3) is 5.77. The second-order valence-corrected chi connectivity index (χ2v) is 6.34. The lowest BCUT2D eigenvalue weighted by molar-refractivity contribution is -0.138. The minimum Gasteiger partial charge on any atom is -0.353 e. The zero-order valence-electron chi connectivity index (χ0n) is 12.3. The first-order valence-corrected chi connectivity index (χ1v) is 8.16. The molecule has 0 spiro atoms. The summed E-state index contributed by atoms with van der Waals surface area (Å²) < 4.78 is 37.1. The van der Waals surface area contributed by atoms with Gasteiger partial charge in [0.2, 0.25) is 22.0 Å². The second-order valence-electron chi connectivity index (χ2n) is 5.36. The van der Waals surface area contributed by atoms with E-state index in [1.807, 2.05) is 0 Å². The van der Waals surface area contributed by atoms with Crippen molar-refractivity contribution in [1.29, 1.82) is 0 Å². The van der Waals surface area contributed by atoms with E-state index >= 15 is 0 Å². The smallest absolute Gasteiger partial charge is 0.353 e. The highest BCUT2D eigenvalue weighted by molar-refractivity contribution is 7.15. The molecule has 1 heterocycles. The summed E-state index contributed by atoms with van der Waals surface area (Å²) in [6.45, 7) is 0. The number of rotatable bonds is 5. The second kappa shape index (κ2) is 7.71. The number of nitrogens with zero attached hydrogens (tertiary/aromatic N) is 2. The molecule has 1 saturated carbocycles. The molecule has 2 rings (SSSR count). The standard InChI is InChI=1S/C13H17F3N4O2S/c14-13(15,16)11-19-20-12(23-11)18-10(22)7-6-9(21)17-8-4-2-1-3-5-8/h8H,1-7H2,(H,17,21)(H,18,20,22). The van der Waals surface area contributed by atoms with E-state index < -0.39 is 17.1 Å². The summed E-state index contributed by atoms with van der Waals surface area (Å²) in [6, 6.07) is 0.164. The molecule has 0 aliphatic heterocycles. The predicted octanol–water partition coefficient (Wildman–Crippen LogP) is 2.72. The van der Waals surface area contributed by atoms with Gasteiger partial charge in [0.05, 0.1) is 0 Å². The first kappa shape index (κ1) is 17.6. The first-order valence-electron chi connectivity index (χ1n) is 7.34. The van der Waals surface area contributed by atoms with Gasteiger partial charge in [-0.15, -0.1) is 10.2 Å². The summed E-state index contributed by atoms with van der Waals surface area (Å²) in [4.78, 5) is 23.4. The van der Waals surface area contributed by atoms with Crippen LogP contribution in [0.15, 0.2) is 0 Å². The Bertz CT molecular complexity index is 556. The van der Waals surface area contributed by atoms with Crippen molar-refractivity contribution in [2.75, 3.05) is 5.32 Å². The van der Waals surface area contributed by atoms with Gasteiger partial charge in [0, 0.05) is 18.9 Å². The summed E-state index contributed by atoms with van der Waals surface area (Å²) >= 11 is 0.251. The topological polar surface area (TPSA) is 84.0 Å². The Kier molecular flexibility index (Phi) is 5.91. The molecule has 1 aromatic rings. The maximum atomic E-state index is 12.4. The molecule has 0 radical (unpaired) electrons. The highest BCUT2D eigenvalue weighted by Crippen LogP contribution is 2.32. The van der Waals surface area contributed by atoms with Gasteiger partial charge in [-0.05, 0) is 12.8 Å². The van der Waals surface area contributed by atoms with Crippen molar-refractivity contribution in [2.24, 2.45) is 0 Å². The van der Waals surface area contributed by atoms with Crippen molar-refractivity contribution >= 4 is 28.3 Å². The normalized spacial score (nSPS) is 16.1. The molecule has 0 atom stereocenters. The van der Waals surface area contributed by atoms with Crippen LogP contribution in [0.1, 0.15) is 50.0 Å². The Balaban J connectivity index is 1.72. The van der Waals surface area contributed by atoms with Crippen molar-refractivity contribution in [3.8, 4) is 0 Å². The summed E-state index contributed by atoms with van der Waals surface area (Å²) in [5, 5.41) is 9.96. The number of halogens is 3. The Morgan fingerprint density at radius 2 is 1.74 bits per heavy atom. The van der Waals surface area contributed by atoms with Crippen LogP contribution >= 0.6 is 11.3 Å². The van der Waals surface area contributed by atoms with Crippen LogP contribution in [0.3, 0.4) is 0 Å². The molecule has 1 aliphatic rings. The number of nitrogens with one attached hydrogen (secondary N) is 2. The Hall–Kier alpha value is -1.71. The number of aromatic nitrogens is 2. The van der Waals surface area contributed by atoms with Gasteiger partial charge in [0.25, 0.3) is 0 Å². The van der Waals surface area contributed by atoms with Crippen LogP contribution in [0.25, 0.3) is 0 Å². The summed E-state index contributed by atoms with van der Waals surface area (Å²) in [5.74, 6) is -0.783. The lowest BCUT2D eigenvalue weighted by atomic mass is 9.95. The largest absolute Gasteiger partial charge is 0.445 e. The fourth-order valence-corrected chi connectivity index (χ4v) is 2.97. The van der Waals surface area contributed by atoms with E-state index in [1.54, 1.807) is 0 Å². The zero-order chi connectivity index (χ0) is 16.9. The average Bonchev–Trinajstić information content (AvgIpc) is 2.95. The Morgan fingerprint density at radius 3 is 2.35 bits per heavy atom. The van der Waals surface area contributed by atoms with E-state index in [-0.39, 0.29) is 41.3 Å². The van der Waals surface area contributed by atoms with Crippen LogP contribution in [0.4, 0.5) is 18.3 Å². The van der Waals surface area contributed by atoms with Crippen LogP contribution in [0.2, 0.25) is 0 Å².